The van der Waals surface area contributed by atoms with Gasteiger partial charge in [0.15, 0.2) is 0 Å². The van der Waals surface area contributed by atoms with Crippen LogP contribution in [0.2, 0.25) is 0 Å². The summed E-state index contributed by atoms with van der Waals surface area (Å²) in [6.07, 6.45) is 0. The SMILES string of the molecule is Cc1cccc(NC(=O)N(C)Cc2cc(=O)[nH]c3ccccc23)c1. The molecule has 0 aliphatic carbocycles. The lowest BCUT2D eigenvalue weighted by atomic mass is 10.1. The molecule has 5 nitrogen and oxygen atoms in total. The van der Waals surface area contributed by atoms with Crippen LogP contribution in [0, 0.1) is 6.92 Å². The number of nitrogens with one attached hydrogen (secondary N) is 2. The van der Waals surface area contributed by atoms with Gasteiger partial charge in [0, 0.05) is 36.2 Å². The molecule has 2 aromatic carbocycles. The summed E-state index contributed by atoms with van der Waals surface area (Å²) in [7, 11) is 1.71. The lowest BCUT2D eigenvalue weighted by Crippen LogP contribution is -2.31. The summed E-state index contributed by atoms with van der Waals surface area (Å²) in [5.41, 5.74) is 3.25. The zero-order chi connectivity index (χ0) is 17.1. The number of H-pyrrole nitrogens is 1. The van der Waals surface area contributed by atoms with E-state index in [1.807, 2.05) is 55.5 Å². The van der Waals surface area contributed by atoms with E-state index in [0.29, 0.717) is 6.54 Å². The average Bonchev–Trinajstić information content (AvgIpc) is 2.54. The minimum Gasteiger partial charge on any atom is -0.323 e. The molecule has 3 aromatic rings. The number of fused-ring (bicyclic) bond motifs is 1. The van der Waals surface area contributed by atoms with Gasteiger partial charge in [-0.05, 0) is 36.2 Å². The average molecular weight is 321 g/mol. The Bertz CT molecular complexity index is 946. The van der Waals surface area contributed by atoms with E-state index in [2.05, 4.69) is 10.3 Å². The van der Waals surface area contributed by atoms with Gasteiger partial charge in [0.25, 0.3) is 0 Å². The number of aromatic nitrogens is 1. The lowest BCUT2D eigenvalue weighted by molar-refractivity contribution is 0.221. The Morgan fingerprint density at radius 1 is 1.12 bits per heavy atom. The van der Waals surface area contributed by atoms with Crippen LogP contribution in [0.3, 0.4) is 0 Å². The van der Waals surface area contributed by atoms with Crippen LogP contribution in [-0.2, 0) is 6.54 Å². The normalized spacial score (nSPS) is 10.6. The van der Waals surface area contributed by atoms with Crippen LogP contribution < -0.4 is 10.9 Å². The number of nitrogens with zero attached hydrogens (tertiary/aromatic N) is 1. The second-order valence-corrected chi connectivity index (χ2v) is 5.86. The number of hydrogen-bond acceptors (Lipinski definition) is 2. The summed E-state index contributed by atoms with van der Waals surface area (Å²) in [5.74, 6) is 0. The maximum atomic E-state index is 12.4. The van der Waals surface area contributed by atoms with Crippen molar-refractivity contribution in [2.24, 2.45) is 0 Å². The number of para-hydroxylation sites is 1. The van der Waals surface area contributed by atoms with E-state index in [4.69, 9.17) is 0 Å². The minimum absolute atomic E-state index is 0.170. The predicted molar refractivity (Wildman–Crippen MR) is 96.2 cm³/mol. The first-order chi connectivity index (χ1) is 11.5. The molecule has 24 heavy (non-hydrogen) atoms. The monoisotopic (exact) mass is 321 g/mol. The molecule has 2 amide bonds. The standard InChI is InChI=1S/C19H19N3O2/c1-13-6-5-7-15(10-13)20-19(24)22(2)12-14-11-18(23)21-17-9-4-3-8-16(14)17/h3-11H,12H2,1-2H3,(H,20,24)(H,21,23). The molecule has 0 spiro atoms. The van der Waals surface area contributed by atoms with Gasteiger partial charge in [-0.2, -0.15) is 0 Å². The number of rotatable bonds is 3. The first-order valence-electron chi connectivity index (χ1n) is 7.72. The smallest absolute Gasteiger partial charge is 0.321 e. The Morgan fingerprint density at radius 3 is 2.71 bits per heavy atom. The molecule has 1 heterocycles. The highest BCUT2D eigenvalue weighted by atomic mass is 16.2. The van der Waals surface area contributed by atoms with Crippen LogP contribution in [-0.4, -0.2) is 23.0 Å². The Labute approximate surface area is 139 Å². The number of amides is 2. The molecular formula is C19H19N3O2. The number of benzene rings is 2. The molecule has 0 unspecified atom stereocenters. The van der Waals surface area contributed by atoms with Crippen LogP contribution in [0.5, 0.6) is 0 Å². The van der Waals surface area contributed by atoms with Gasteiger partial charge in [-0.15, -0.1) is 0 Å². The van der Waals surface area contributed by atoms with Gasteiger partial charge in [0.05, 0.1) is 0 Å². The summed E-state index contributed by atoms with van der Waals surface area (Å²) >= 11 is 0. The summed E-state index contributed by atoms with van der Waals surface area (Å²) in [6.45, 7) is 2.32. The molecule has 0 aliphatic heterocycles. The molecule has 2 N–H and O–H groups in total. The number of urea groups is 1. The van der Waals surface area contributed by atoms with Crippen molar-refractivity contribution in [2.45, 2.75) is 13.5 Å². The van der Waals surface area contributed by atoms with Crippen LogP contribution >= 0.6 is 0 Å². The molecule has 0 atom stereocenters. The van der Waals surface area contributed by atoms with Crippen molar-refractivity contribution in [1.29, 1.82) is 0 Å². The van der Waals surface area contributed by atoms with Gasteiger partial charge in [-0.3, -0.25) is 4.79 Å². The molecular weight excluding hydrogens is 302 g/mol. The fourth-order valence-corrected chi connectivity index (χ4v) is 2.68. The topological polar surface area (TPSA) is 65.2 Å². The third-order valence-corrected chi connectivity index (χ3v) is 3.86. The van der Waals surface area contributed by atoms with Crippen molar-refractivity contribution in [2.75, 3.05) is 12.4 Å². The molecule has 122 valence electrons. The minimum atomic E-state index is -0.218. The summed E-state index contributed by atoms with van der Waals surface area (Å²) < 4.78 is 0. The van der Waals surface area contributed by atoms with Crippen molar-refractivity contribution in [3.63, 3.8) is 0 Å². The quantitative estimate of drug-likeness (QED) is 0.775. The van der Waals surface area contributed by atoms with Gasteiger partial charge in [-0.1, -0.05) is 30.3 Å². The Hall–Kier alpha value is -3.08. The number of hydrogen-bond donors (Lipinski definition) is 2. The van der Waals surface area contributed by atoms with Crippen molar-refractivity contribution in [3.8, 4) is 0 Å². The number of pyridine rings is 1. The largest absolute Gasteiger partial charge is 0.323 e. The summed E-state index contributed by atoms with van der Waals surface area (Å²) in [5, 5.41) is 3.80. The van der Waals surface area contributed by atoms with Crippen molar-refractivity contribution in [3.05, 3.63) is 76.1 Å². The van der Waals surface area contributed by atoms with E-state index in [1.54, 1.807) is 18.0 Å². The Kier molecular flexibility index (Phi) is 4.33. The van der Waals surface area contributed by atoms with E-state index in [-0.39, 0.29) is 11.6 Å². The van der Waals surface area contributed by atoms with Crippen molar-refractivity contribution in [1.82, 2.24) is 9.88 Å². The molecule has 0 radical (unpaired) electrons. The third kappa shape index (κ3) is 3.46. The number of aromatic amines is 1. The van der Waals surface area contributed by atoms with Gasteiger partial charge in [0.2, 0.25) is 5.56 Å². The molecule has 1 aromatic heterocycles. The first kappa shape index (κ1) is 15.8. The van der Waals surface area contributed by atoms with E-state index in [0.717, 1.165) is 27.7 Å². The van der Waals surface area contributed by atoms with Crippen molar-refractivity contribution < 1.29 is 4.79 Å². The Balaban J connectivity index is 1.80. The third-order valence-electron chi connectivity index (χ3n) is 3.86. The molecule has 3 rings (SSSR count). The highest BCUT2D eigenvalue weighted by molar-refractivity contribution is 5.89. The zero-order valence-corrected chi connectivity index (χ0v) is 13.7. The molecule has 0 fully saturated rings. The lowest BCUT2D eigenvalue weighted by Gasteiger charge is -2.19. The zero-order valence-electron chi connectivity index (χ0n) is 13.7. The van der Waals surface area contributed by atoms with Gasteiger partial charge >= 0.3 is 6.03 Å². The fraction of sp³-hybridized carbons (Fsp3) is 0.158. The second-order valence-electron chi connectivity index (χ2n) is 5.86. The number of carbonyl (C=O) groups is 1. The number of aryl methyl sites for hydroxylation is 1. The first-order valence-corrected chi connectivity index (χ1v) is 7.72. The van der Waals surface area contributed by atoms with E-state index < -0.39 is 0 Å². The number of anilines is 1. The van der Waals surface area contributed by atoms with Crippen LogP contribution in [0.15, 0.2) is 59.4 Å². The molecule has 0 saturated heterocycles. The van der Waals surface area contributed by atoms with Crippen molar-refractivity contribution >= 4 is 22.6 Å². The van der Waals surface area contributed by atoms with Crippen LogP contribution in [0.25, 0.3) is 10.9 Å². The summed E-state index contributed by atoms with van der Waals surface area (Å²) in [6, 6.07) is 16.5. The fourth-order valence-electron chi connectivity index (χ4n) is 2.68. The highest BCUT2D eigenvalue weighted by Gasteiger charge is 2.12. The van der Waals surface area contributed by atoms with Gasteiger partial charge in [-0.25, -0.2) is 4.79 Å². The van der Waals surface area contributed by atoms with E-state index >= 15 is 0 Å². The Morgan fingerprint density at radius 2 is 1.92 bits per heavy atom. The van der Waals surface area contributed by atoms with Crippen LogP contribution in [0.1, 0.15) is 11.1 Å². The maximum absolute atomic E-state index is 12.4. The van der Waals surface area contributed by atoms with Crippen LogP contribution in [0.4, 0.5) is 10.5 Å². The summed E-state index contributed by atoms with van der Waals surface area (Å²) in [4.78, 5) is 28.6. The van der Waals surface area contributed by atoms with Gasteiger partial charge < -0.3 is 15.2 Å². The maximum Gasteiger partial charge on any atom is 0.321 e. The van der Waals surface area contributed by atoms with Gasteiger partial charge in [0.1, 0.15) is 0 Å². The predicted octanol–water partition coefficient (Wildman–Crippen LogP) is 3.50. The molecule has 0 bridgehead atoms. The molecule has 0 saturated carbocycles. The molecule has 5 heteroatoms. The van der Waals surface area contributed by atoms with E-state index in [9.17, 15) is 9.59 Å². The number of carbonyl (C=O) groups excluding carboxylic acids is 1. The van der Waals surface area contributed by atoms with E-state index in [1.165, 1.54) is 0 Å². The highest BCUT2D eigenvalue weighted by Crippen LogP contribution is 2.17. The second kappa shape index (κ2) is 6.58. The molecule has 0 aliphatic rings.